The van der Waals surface area contributed by atoms with Crippen molar-refractivity contribution in [2.75, 3.05) is 7.11 Å². The summed E-state index contributed by atoms with van der Waals surface area (Å²) >= 11 is 0. The maximum Gasteiger partial charge on any atom is 0.345 e. The van der Waals surface area contributed by atoms with Crippen LogP contribution in [0.15, 0.2) is 12.1 Å². The van der Waals surface area contributed by atoms with Gasteiger partial charge in [0.1, 0.15) is 22.8 Å². The van der Waals surface area contributed by atoms with E-state index >= 15 is 0 Å². The van der Waals surface area contributed by atoms with E-state index in [4.69, 9.17) is 18.9 Å². The van der Waals surface area contributed by atoms with Crippen molar-refractivity contribution < 1.29 is 23.7 Å². The number of hydrogen-bond donors (Lipinski definition) is 0. The average molecular weight is 310 g/mol. The molecule has 0 aliphatic rings. The number of hydrogen-bond acceptors (Lipinski definition) is 5. The second-order valence-corrected chi connectivity index (χ2v) is 5.79. The molecule has 0 spiro atoms. The minimum absolute atomic E-state index is 0.00257. The SMILES string of the molecule is COC(=O)c1c(OC(C)C)cc(OC(C)C)cc1OC(C)C. The molecule has 0 fully saturated rings. The van der Waals surface area contributed by atoms with Crippen molar-refractivity contribution >= 4 is 5.97 Å². The van der Waals surface area contributed by atoms with Gasteiger partial charge < -0.3 is 18.9 Å². The summed E-state index contributed by atoms with van der Waals surface area (Å²) in [7, 11) is 1.33. The standard InChI is InChI=1S/C17H26O5/c1-10(2)20-13-8-14(21-11(3)4)16(17(18)19-7)15(9-13)22-12(5)6/h8-12H,1-7H3. The third-order valence-electron chi connectivity index (χ3n) is 2.53. The number of methoxy groups -OCH3 is 1. The molecule has 0 heterocycles. The Bertz CT molecular complexity index is 475. The molecule has 1 rings (SSSR count). The molecule has 22 heavy (non-hydrogen) atoms. The molecule has 1 aromatic carbocycles. The fourth-order valence-electron chi connectivity index (χ4n) is 1.90. The van der Waals surface area contributed by atoms with Crippen molar-refractivity contribution in [1.29, 1.82) is 0 Å². The van der Waals surface area contributed by atoms with Gasteiger partial charge in [0.2, 0.25) is 0 Å². The van der Waals surface area contributed by atoms with Crippen LogP contribution in [0, 0.1) is 0 Å². The van der Waals surface area contributed by atoms with Gasteiger partial charge >= 0.3 is 5.97 Å². The Hall–Kier alpha value is -1.91. The predicted octanol–water partition coefficient (Wildman–Crippen LogP) is 3.83. The van der Waals surface area contributed by atoms with Gasteiger partial charge in [0.05, 0.1) is 25.4 Å². The maximum atomic E-state index is 12.1. The number of carbonyl (C=O) groups excluding carboxylic acids is 1. The zero-order chi connectivity index (χ0) is 16.9. The van der Waals surface area contributed by atoms with Gasteiger partial charge in [-0.3, -0.25) is 0 Å². The Morgan fingerprint density at radius 2 is 1.23 bits per heavy atom. The number of rotatable bonds is 7. The van der Waals surface area contributed by atoms with E-state index in [9.17, 15) is 4.79 Å². The summed E-state index contributed by atoms with van der Waals surface area (Å²) in [6.45, 7) is 11.4. The molecule has 0 aliphatic heterocycles. The second-order valence-electron chi connectivity index (χ2n) is 5.79. The molecule has 0 unspecified atom stereocenters. The highest BCUT2D eigenvalue weighted by molar-refractivity contribution is 5.96. The van der Waals surface area contributed by atoms with Crippen LogP contribution in [0.3, 0.4) is 0 Å². The second kappa shape index (κ2) is 7.92. The molecule has 0 saturated heterocycles. The lowest BCUT2D eigenvalue weighted by molar-refractivity contribution is 0.0587. The van der Waals surface area contributed by atoms with Crippen LogP contribution in [0.1, 0.15) is 51.9 Å². The normalized spacial score (nSPS) is 11.0. The summed E-state index contributed by atoms with van der Waals surface area (Å²) in [6, 6.07) is 3.39. The number of ether oxygens (including phenoxy) is 4. The topological polar surface area (TPSA) is 54.0 Å². The third kappa shape index (κ3) is 5.13. The quantitative estimate of drug-likeness (QED) is 0.716. The first kappa shape index (κ1) is 18.1. The Morgan fingerprint density at radius 3 is 1.55 bits per heavy atom. The Morgan fingerprint density at radius 1 is 0.818 bits per heavy atom. The van der Waals surface area contributed by atoms with E-state index in [0.717, 1.165) is 0 Å². The molecular formula is C17H26O5. The van der Waals surface area contributed by atoms with Gasteiger partial charge in [-0.1, -0.05) is 0 Å². The maximum absolute atomic E-state index is 12.1. The van der Waals surface area contributed by atoms with Crippen molar-refractivity contribution in [1.82, 2.24) is 0 Å². The fraction of sp³-hybridized carbons (Fsp3) is 0.588. The van der Waals surface area contributed by atoms with Crippen LogP contribution >= 0.6 is 0 Å². The molecular weight excluding hydrogens is 284 g/mol. The first-order valence-corrected chi connectivity index (χ1v) is 7.50. The lowest BCUT2D eigenvalue weighted by Crippen LogP contribution is -2.16. The van der Waals surface area contributed by atoms with E-state index in [1.165, 1.54) is 7.11 Å². The lowest BCUT2D eigenvalue weighted by Gasteiger charge is -2.20. The highest BCUT2D eigenvalue weighted by Gasteiger charge is 2.23. The van der Waals surface area contributed by atoms with Gasteiger partial charge in [0, 0.05) is 12.1 Å². The van der Waals surface area contributed by atoms with E-state index in [-0.39, 0.29) is 23.9 Å². The Labute approximate surface area is 132 Å². The zero-order valence-corrected chi connectivity index (χ0v) is 14.4. The number of benzene rings is 1. The molecule has 5 nitrogen and oxygen atoms in total. The van der Waals surface area contributed by atoms with Gasteiger partial charge in [0.25, 0.3) is 0 Å². The third-order valence-corrected chi connectivity index (χ3v) is 2.53. The molecule has 0 saturated carbocycles. The summed E-state index contributed by atoms with van der Waals surface area (Å²) in [5.74, 6) is 0.891. The summed E-state index contributed by atoms with van der Waals surface area (Å²) < 4.78 is 22.1. The number of carbonyl (C=O) groups is 1. The molecule has 1 aromatic rings. The molecule has 5 heteroatoms. The van der Waals surface area contributed by atoms with E-state index in [1.54, 1.807) is 12.1 Å². The molecule has 0 atom stereocenters. The van der Waals surface area contributed by atoms with Crippen LogP contribution in [-0.2, 0) is 4.74 Å². The zero-order valence-electron chi connectivity index (χ0n) is 14.4. The van der Waals surface area contributed by atoms with Gasteiger partial charge in [-0.25, -0.2) is 4.79 Å². The highest BCUT2D eigenvalue weighted by Crippen LogP contribution is 2.36. The monoisotopic (exact) mass is 310 g/mol. The largest absolute Gasteiger partial charge is 0.491 e. The van der Waals surface area contributed by atoms with Crippen LogP contribution in [0.4, 0.5) is 0 Å². The fourth-order valence-corrected chi connectivity index (χ4v) is 1.90. The van der Waals surface area contributed by atoms with E-state index in [0.29, 0.717) is 17.2 Å². The average Bonchev–Trinajstić information content (AvgIpc) is 2.35. The molecule has 0 N–H and O–H groups in total. The molecule has 124 valence electrons. The first-order valence-electron chi connectivity index (χ1n) is 7.50. The summed E-state index contributed by atoms with van der Waals surface area (Å²) in [5, 5.41) is 0. The lowest BCUT2D eigenvalue weighted by atomic mass is 10.1. The molecule has 0 amide bonds. The van der Waals surface area contributed by atoms with Gasteiger partial charge in [-0.15, -0.1) is 0 Å². The van der Waals surface area contributed by atoms with Crippen LogP contribution in [0.25, 0.3) is 0 Å². The van der Waals surface area contributed by atoms with Gasteiger partial charge in [0.15, 0.2) is 0 Å². The smallest absolute Gasteiger partial charge is 0.345 e. The van der Waals surface area contributed by atoms with Crippen molar-refractivity contribution in [2.45, 2.75) is 59.9 Å². The molecule has 0 aromatic heterocycles. The minimum atomic E-state index is -0.498. The summed E-state index contributed by atoms with van der Waals surface area (Å²) in [5.41, 5.74) is 0.279. The number of esters is 1. The molecule has 0 bridgehead atoms. The van der Waals surface area contributed by atoms with E-state index < -0.39 is 5.97 Å². The minimum Gasteiger partial charge on any atom is -0.491 e. The van der Waals surface area contributed by atoms with Crippen LogP contribution in [0.2, 0.25) is 0 Å². The Balaban J connectivity index is 3.42. The van der Waals surface area contributed by atoms with Crippen molar-refractivity contribution in [3.8, 4) is 17.2 Å². The van der Waals surface area contributed by atoms with Crippen molar-refractivity contribution in [3.63, 3.8) is 0 Å². The van der Waals surface area contributed by atoms with Crippen molar-refractivity contribution in [3.05, 3.63) is 17.7 Å². The molecule has 0 radical (unpaired) electrons. The van der Waals surface area contributed by atoms with E-state index in [1.807, 2.05) is 41.5 Å². The van der Waals surface area contributed by atoms with Crippen LogP contribution in [-0.4, -0.2) is 31.4 Å². The highest BCUT2D eigenvalue weighted by atomic mass is 16.5. The molecule has 0 aliphatic carbocycles. The summed E-state index contributed by atoms with van der Waals surface area (Å²) in [4.78, 5) is 12.1. The van der Waals surface area contributed by atoms with Crippen LogP contribution in [0.5, 0.6) is 17.2 Å². The van der Waals surface area contributed by atoms with Crippen LogP contribution < -0.4 is 14.2 Å². The predicted molar refractivity (Wildman–Crippen MR) is 85.1 cm³/mol. The van der Waals surface area contributed by atoms with Crippen molar-refractivity contribution in [2.24, 2.45) is 0 Å². The van der Waals surface area contributed by atoms with Gasteiger partial charge in [-0.05, 0) is 41.5 Å². The summed E-state index contributed by atoms with van der Waals surface area (Å²) in [6.07, 6.45) is -0.183. The Kier molecular flexibility index (Phi) is 6.53. The van der Waals surface area contributed by atoms with Gasteiger partial charge in [-0.2, -0.15) is 0 Å². The first-order chi connectivity index (χ1) is 10.2. The van der Waals surface area contributed by atoms with E-state index in [2.05, 4.69) is 0 Å².